The van der Waals surface area contributed by atoms with Gasteiger partial charge in [-0.05, 0) is 23.1 Å². The Labute approximate surface area is 188 Å². The van der Waals surface area contributed by atoms with Gasteiger partial charge in [0.1, 0.15) is 6.33 Å². The van der Waals surface area contributed by atoms with Crippen molar-refractivity contribution in [3.05, 3.63) is 92.6 Å². The average molecular weight is 442 g/mol. The molecule has 0 fully saturated rings. The van der Waals surface area contributed by atoms with E-state index in [1.54, 1.807) is 16.1 Å². The van der Waals surface area contributed by atoms with Crippen LogP contribution in [0.2, 0.25) is 0 Å². The minimum atomic E-state index is -0.594. The molecule has 3 heterocycles. The van der Waals surface area contributed by atoms with Crippen LogP contribution in [0.3, 0.4) is 0 Å². The topological polar surface area (TPSA) is 111 Å². The Morgan fingerprint density at radius 3 is 2.48 bits per heavy atom. The lowest BCUT2D eigenvalue weighted by molar-refractivity contribution is 0.388. The smallest absolute Gasteiger partial charge is 0.296 e. The van der Waals surface area contributed by atoms with E-state index < -0.39 is 5.76 Å². The van der Waals surface area contributed by atoms with Crippen molar-refractivity contribution in [1.29, 1.82) is 0 Å². The summed E-state index contributed by atoms with van der Waals surface area (Å²) in [7, 11) is 1.72. The molecule has 0 amide bonds. The first kappa shape index (κ1) is 20.6. The van der Waals surface area contributed by atoms with Crippen LogP contribution in [-0.2, 0) is 19.9 Å². The van der Waals surface area contributed by atoms with Gasteiger partial charge in [0.15, 0.2) is 5.82 Å². The molecule has 9 heteroatoms. The molecule has 0 aliphatic rings. The van der Waals surface area contributed by atoms with Gasteiger partial charge in [0, 0.05) is 24.6 Å². The molecule has 0 aliphatic heterocycles. The van der Waals surface area contributed by atoms with E-state index in [4.69, 9.17) is 0 Å². The van der Waals surface area contributed by atoms with Crippen molar-refractivity contribution in [1.82, 2.24) is 29.3 Å². The first-order chi connectivity index (χ1) is 16.1. The number of aromatic amines is 1. The molecule has 5 rings (SSSR count). The molecule has 0 spiro atoms. The lowest BCUT2D eigenvalue weighted by Crippen LogP contribution is -2.27. The summed E-state index contributed by atoms with van der Waals surface area (Å²) in [4.78, 5) is 31.3. The highest BCUT2D eigenvalue weighted by Gasteiger charge is 2.17. The second-order valence-corrected chi connectivity index (χ2v) is 7.87. The molecule has 33 heavy (non-hydrogen) atoms. The summed E-state index contributed by atoms with van der Waals surface area (Å²) in [5, 5.41) is 8.16. The number of rotatable bonds is 6. The first-order valence-corrected chi connectivity index (χ1v) is 10.7. The summed E-state index contributed by atoms with van der Waals surface area (Å²) in [6.45, 7) is 2.08. The van der Waals surface area contributed by atoms with E-state index in [9.17, 15) is 9.59 Å². The molecule has 1 N–H and O–H groups in total. The highest BCUT2D eigenvalue weighted by atomic mass is 16.5. The van der Waals surface area contributed by atoms with Gasteiger partial charge < -0.3 is 0 Å². The predicted molar refractivity (Wildman–Crippen MR) is 123 cm³/mol. The van der Waals surface area contributed by atoms with E-state index in [1.165, 1.54) is 6.33 Å². The van der Waals surface area contributed by atoms with Gasteiger partial charge in [-0.1, -0.05) is 67.0 Å². The van der Waals surface area contributed by atoms with Gasteiger partial charge in [-0.3, -0.25) is 18.9 Å². The maximum Gasteiger partial charge on any atom is 0.439 e. The Morgan fingerprint density at radius 1 is 1.03 bits per heavy atom. The van der Waals surface area contributed by atoms with Crippen molar-refractivity contribution >= 4 is 5.78 Å². The third-order valence-electron chi connectivity index (χ3n) is 5.75. The van der Waals surface area contributed by atoms with Crippen LogP contribution in [0.4, 0.5) is 0 Å². The molecule has 9 nitrogen and oxygen atoms in total. The van der Waals surface area contributed by atoms with Crippen molar-refractivity contribution in [3.8, 4) is 22.5 Å². The van der Waals surface area contributed by atoms with Gasteiger partial charge in [0.25, 0.3) is 5.56 Å². The number of benzene rings is 2. The number of hydrogen-bond acceptors (Lipinski definition) is 6. The van der Waals surface area contributed by atoms with Gasteiger partial charge in [-0.2, -0.15) is 10.1 Å². The van der Waals surface area contributed by atoms with Crippen molar-refractivity contribution < 1.29 is 4.52 Å². The zero-order chi connectivity index (χ0) is 22.9. The van der Waals surface area contributed by atoms with E-state index in [2.05, 4.69) is 31.7 Å². The fourth-order valence-electron chi connectivity index (χ4n) is 4.16. The number of aromatic nitrogens is 6. The molecule has 0 aliphatic carbocycles. The van der Waals surface area contributed by atoms with Gasteiger partial charge in [-0.25, -0.2) is 9.31 Å². The summed E-state index contributed by atoms with van der Waals surface area (Å²) in [5.41, 5.74) is 5.24. The Morgan fingerprint density at radius 2 is 1.79 bits per heavy atom. The number of aryl methyl sites for hydroxylation is 2. The average Bonchev–Trinajstić information content (AvgIpc) is 3.50. The lowest BCUT2D eigenvalue weighted by atomic mass is 9.96. The molecule has 0 unspecified atom stereocenters. The van der Waals surface area contributed by atoms with Crippen LogP contribution in [0.15, 0.2) is 69.0 Å². The molecule has 5 aromatic rings. The van der Waals surface area contributed by atoms with E-state index >= 15 is 0 Å². The molecular formula is C24H22N6O3. The Kier molecular flexibility index (Phi) is 5.21. The van der Waals surface area contributed by atoms with Crippen LogP contribution in [-0.4, -0.2) is 29.3 Å². The summed E-state index contributed by atoms with van der Waals surface area (Å²) >= 11 is 0. The van der Waals surface area contributed by atoms with Crippen LogP contribution in [0.1, 0.15) is 30.2 Å². The largest absolute Gasteiger partial charge is 0.439 e. The fourth-order valence-corrected chi connectivity index (χ4v) is 4.16. The minimum Gasteiger partial charge on any atom is -0.296 e. The highest BCUT2D eigenvalue weighted by molar-refractivity contribution is 5.80. The number of nitrogens with zero attached hydrogens (tertiary/aromatic N) is 5. The molecule has 2 aromatic carbocycles. The van der Waals surface area contributed by atoms with Crippen LogP contribution in [0.5, 0.6) is 0 Å². The van der Waals surface area contributed by atoms with E-state index in [0.717, 1.165) is 46.4 Å². The van der Waals surface area contributed by atoms with Gasteiger partial charge >= 0.3 is 5.76 Å². The number of hydrogen-bond donors (Lipinski definition) is 1. The zero-order valence-corrected chi connectivity index (χ0v) is 18.3. The third-order valence-corrected chi connectivity index (χ3v) is 5.75. The lowest BCUT2D eigenvalue weighted by Gasteiger charge is -2.13. The highest BCUT2D eigenvalue weighted by Crippen LogP contribution is 2.30. The maximum atomic E-state index is 13.1. The normalized spacial score (nSPS) is 11.3. The summed E-state index contributed by atoms with van der Waals surface area (Å²) in [5.74, 6) is 0.336. The summed E-state index contributed by atoms with van der Waals surface area (Å²) in [6, 6.07) is 15.7. The number of H-pyrrole nitrogens is 1. The number of fused-ring (bicyclic) bond motifs is 1. The van der Waals surface area contributed by atoms with Crippen molar-refractivity contribution in [2.24, 2.45) is 7.05 Å². The molecule has 3 aromatic heterocycles. The zero-order valence-electron chi connectivity index (χ0n) is 18.3. The molecule has 0 atom stereocenters. The first-order valence-electron chi connectivity index (χ1n) is 10.7. The molecular weight excluding hydrogens is 420 g/mol. The van der Waals surface area contributed by atoms with Crippen LogP contribution >= 0.6 is 0 Å². The molecule has 0 saturated heterocycles. The van der Waals surface area contributed by atoms with Gasteiger partial charge in [0.05, 0.1) is 5.69 Å². The van der Waals surface area contributed by atoms with E-state index in [0.29, 0.717) is 18.0 Å². The van der Waals surface area contributed by atoms with Crippen molar-refractivity contribution in [2.75, 3.05) is 0 Å². The maximum absolute atomic E-state index is 13.1. The third kappa shape index (κ3) is 3.67. The van der Waals surface area contributed by atoms with E-state index in [1.807, 2.05) is 48.5 Å². The molecule has 166 valence electrons. The second kappa shape index (κ2) is 8.34. The van der Waals surface area contributed by atoms with Gasteiger partial charge in [-0.15, -0.1) is 0 Å². The molecule has 0 bridgehead atoms. The minimum absolute atomic E-state index is 0.0524. The number of nitrogens with one attached hydrogen (secondary N) is 1. The standard InChI is InChI=1S/C24H22N6O3/c1-3-6-20-19(22(31)29(2)23-25-14-26-30(20)23)13-15-9-11-16(12-10-15)17-7-4-5-8-18(17)21-27-24(32)33-28-21/h4-5,7-12,14H,3,6,13H2,1-2H3,(H,27,28,32). The van der Waals surface area contributed by atoms with E-state index in [-0.39, 0.29) is 5.56 Å². The predicted octanol–water partition coefficient (Wildman–Crippen LogP) is 2.98. The van der Waals surface area contributed by atoms with Crippen LogP contribution < -0.4 is 11.3 Å². The molecule has 0 saturated carbocycles. The Balaban J connectivity index is 1.52. The summed E-state index contributed by atoms with van der Waals surface area (Å²) in [6.07, 6.45) is 3.62. The van der Waals surface area contributed by atoms with Crippen LogP contribution in [0.25, 0.3) is 28.3 Å². The fraction of sp³-hybridized carbons (Fsp3) is 0.208. The monoisotopic (exact) mass is 442 g/mol. The molecule has 0 radical (unpaired) electrons. The Hall–Kier alpha value is -4.27. The Bertz CT molecular complexity index is 1560. The van der Waals surface area contributed by atoms with Crippen LogP contribution in [0, 0.1) is 0 Å². The second-order valence-electron chi connectivity index (χ2n) is 7.87. The van der Waals surface area contributed by atoms with Gasteiger partial charge in [0.2, 0.25) is 5.78 Å². The SMILES string of the molecule is CCCc1c(Cc2ccc(-c3ccccc3-c3noc(=O)[nH]3)cc2)c(=O)n(C)c2ncnn12. The van der Waals surface area contributed by atoms with Crippen molar-refractivity contribution in [3.63, 3.8) is 0 Å². The summed E-state index contributed by atoms with van der Waals surface area (Å²) < 4.78 is 7.98. The quantitative estimate of drug-likeness (QED) is 0.433. The van der Waals surface area contributed by atoms with Crippen molar-refractivity contribution in [2.45, 2.75) is 26.2 Å².